The van der Waals surface area contributed by atoms with E-state index in [1.807, 2.05) is 0 Å². The molecule has 0 radical (unpaired) electrons. The molecule has 0 atom stereocenters. The highest BCUT2D eigenvalue weighted by Crippen LogP contribution is 2.22. The van der Waals surface area contributed by atoms with Crippen LogP contribution in [0.5, 0.6) is 0 Å². The Morgan fingerprint density at radius 3 is 2.74 bits per heavy atom. The van der Waals surface area contributed by atoms with Gasteiger partial charge >= 0.3 is 0 Å². The largest absolute Gasteiger partial charge is 0.270 e. The minimum Gasteiger partial charge on any atom is -0.258 e. The van der Waals surface area contributed by atoms with Crippen molar-refractivity contribution >= 4 is 21.7 Å². The number of aryl methyl sites for hydroxylation is 1. The van der Waals surface area contributed by atoms with E-state index in [1.54, 1.807) is 6.92 Å². The van der Waals surface area contributed by atoms with E-state index in [2.05, 4.69) is 19.9 Å². The molecule has 0 spiro atoms. The summed E-state index contributed by atoms with van der Waals surface area (Å²) < 4.78 is 26.3. The zero-order chi connectivity index (χ0) is 14.0. The van der Waals surface area contributed by atoms with Crippen LogP contribution in [0.3, 0.4) is 0 Å². The molecule has 0 aliphatic rings. The van der Waals surface area contributed by atoms with Crippen LogP contribution >= 0.6 is 0 Å². The number of hydrogen-bond acceptors (Lipinski definition) is 6. The lowest BCUT2D eigenvalue weighted by Gasteiger charge is -2.07. The number of non-ortho nitro benzene ring substituents is 1. The fraction of sp³-hybridized carbons (Fsp3) is 0.111. The number of nitrogens with one attached hydrogen (secondary N) is 2. The molecule has 0 aliphatic carbocycles. The van der Waals surface area contributed by atoms with Crippen molar-refractivity contribution in [3.8, 4) is 0 Å². The van der Waals surface area contributed by atoms with Crippen molar-refractivity contribution in [2.45, 2.75) is 11.8 Å². The monoisotopic (exact) mass is 283 g/mol. The highest BCUT2D eigenvalue weighted by molar-refractivity contribution is 7.92. The second kappa shape index (κ2) is 4.65. The zero-order valence-electron chi connectivity index (χ0n) is 9.69. The minimum atomic E-state index is -3.96. The van der Waals surface area contributed by atoms with Crippen LogP contribution in [0.25, 0.3) is 0 Å². The molecule has 9 nitrogen and oxygen atoms in total. The van der Waals surface area contributed by atoms with Crippen LogP contribution in [-0.2, 0) is 10.0 Å². The Morgan fingerprint density at radius 2 is 2.16 bits per heavy atom. The lowest BCUT2D eigenvalue weighted by molar-refractivity contribution is -0.385. The smallest absolute Gasteiger partial charge is 0.258 e. The molecule has 1 aromatic heterocycles. The Morgan fingerprint density at radius 1 is 1.42 bits per heavy atom. The SMILES string of the molecule is Cc1ccc([N+](=O)[O-])cc1S(=O)(=O)Nc1ncn[nH]1. The van der Waals surface area contributed by atoms with Gasteiger partial charge in [0.2, 0.25) is 5.95 Å². The van der Waals surface area contributed by atoms with Gasteiger partial charge in [-0.15, -0.1) is 0 Å². The Labute approximate surface area is 107 Å². The van der Waals surface area contributed by atoms with Crippen LogP contribution in [0.4, 0.5) is 11.6 Å². The van der Waals surface area contributed by atoms with Gasteiger partial charge in [-0.05, 0) is 12.5 Å². The Kier molecular flexibility index (Phi) is 3.17. The predicted molar refractivity (Wildman–Crippen MR) is 65.0 cm³/mol. The molecular formula is C9H9N5O4S. The topological polar surface area (TPSA) is 131 Å². The van der Waals surface area contributed by atoms with Gasteiger partial charge in [0, 0.05) is 12.1 Å². The molecule has 0 bridgehead atoms. The summed E-state index contributed by atoms with van der Waals surface area (Å²) >= 11 is 0. The third kappa shape index (κ3) is 2.68. The molecular weight excluding hydrogens is 274 g/mol. The fourth-order valence-electron chi connectivity index (χ4n) is 1.43. The Balaban J connectivity index is 2.45. The molecule has 0 saturated heterocycles. The number of aromatic nitrogens is 3. The maximum absolute atomic E-state index is 12.1. The predicted octanol–water partition coefficient (Wildman–Crippen LogP) is 0.822. The number of benzene rings is 1. The van der Waals surface area contributed by atoms with E-state index < -0.39 is 14.9 Å². The third-order valence-electron chi connectivity index (χ3n) is 2.32. The normalized spacial score (nSPS) is 11.2. The number of hydrogen-bond donors (Lipinski definition) is 2. The van der Waals surface area contributed by atoms with E-state index in [1.165, 1.54) is 12.1 Å². The molecule has 0 fully saturated rings. The van der Waals surface area contributed by atoms with Crippen molar-refractivity contribution in [3.63, 3.8) is 0 Å². The van der Waals surface area contributed by atoms with Gasteiger partial charge in [-0.1, -0.05) is 6.07 Å². The van der Waals surface area contributed by atoms with Crippen LogP contribution in [-0.4, -0.2) is 28.5 Å². The van der Waals surface area contributed by atoms with E-state index >= 15 is 0 Å². The first-order valence-corrected chi connectivity index (χ1v) is 6.52. The second-order valence-electron chi connectivity index (χ2n) is 3.65. The summed E-state index contributed by atoms with van der Waals surface area (Å²) in [5, 5.41) is 16.5. The number of nitro benzene ring substituents is 1. The fourth-order valence-corrected chi connectivity index (χ4v) is 2.66. The van der Waals surface area contributed by atoms with Gasteiger partial charge < -0.3 is 0 Å². The van der Waals surface area contributed by atoms with Gasteiger partial charge in [0.15, 0.2) is 0 Å². The summed E-state index contributed by atoms with van der Waals surface area (Å²) in [5.41, 5.74) is 0.0844. The molecule has 19 heavy (non-hydrogen) atoms. The van der Waals surface area contributed by atoms with E-state index in [4.69, 9.17) is 0 Å². The molecule has 0 amide bonds. The van der Waals surface area contributed by atoms with Gasteiger partial charge in [-0.25, -0.2) is 18.2 Å². The zero-order valence-corrected chi connectivity index (χ0v) is 10.5. The lowest BCUT2D eigenvalue weighted by Crippen LogP contribution is -2.15. The summed E-state index contributed by atoms with van der Waals surface area (Å²) in [6.07, 6.45) is 1.14. The standard InChI is InChI=1S/C9H9N5O4S/c1-6-2-3-7(14(15)16)4-8(6)19(17,18)13-9-10-5-11-12-9/h2-5H,1H3,(H2,10,11,12,13). The van der Waals surface area contributed by atoms with Crippen LogP contribution in [0.1, 0.15) is 5.56 Å². The summed E-state index contributed by atoms with van der Waals surface area (Å²) in [4.78, 5) is 13.5. The molecule has 2 aromatic rings. The average Bonchev–Trinajstić information content (AvgIpc) is 2.81. The highest BCUT2D eigenvalue weighted by Gasteiger charge is 2.21. The maximum atomic E-state index is 12.1. The first-order valence-electron chi connectivity index (χ1n) is 5.03. The lowest BCUT2D eigenvalue weighted by atomic mass is 10.2. The number of aromatic amines is 1. The number of nitro groups is 1. The molecule has 0 aliphatic heterocycles. The van der Waals surface area contributed by atoms with Gasteiger partial charge in [-0.3, -0.25) is 10.1 Å². The summed E-state index contributed by atoms with van der Waals surface area (Å²) in [5.74, 6) is -0.0640. The molecule has 10 heteroatoms. The van der Waals surface area contributed by atoms with Crippen molar-refractivity contribution < 1.29 is 13.3 Å². The summed E-state index contributed by atoms with van der Waals surface area (Å²) in [6, 6.07) is 3.60. The number of H-pyrrole nitrogens is 1. The van der Waals surface area contributed by atoms with Crippen molar-refractivity contribution in [2.24, 2.45) is 0 Å². The van der Waals surface area contributed by atoms with Gasteiger partial charge in [-0.2, -0.15) is 10.1 Å². The van der Waals surface area contributed by atoms with Crippen LogP contribution in [0, 0.1) is 17.0 Å². The summed E-state index contributed by atoms with van der Waals surface area (Å²) in [7, 11) is -3.96. The number of sulfonamides is 1. The average molecular weight is 283 g/mol. The van der Waals surface area contributed by atoms with Crippen LogP contribution in [0.2, 0.25) is 0 Å². The first-order chi connectivity index (χ1) is 8.90. The highest BCUT2D eigenvalue weighted by atomic mass is 32.2. The minimum absolute atomic E-state index is 0.0640. The van der Waals surface area contributed by atoms with Gasteiger partial charge in [0.1, 0.15) is 6.33 Å². The molecule has 0 unspecified atom stereocenters. The number of anilines is 1. The van der Waals surface area contributed by atoms with E-state index in [0.717, 1.165) is 12.4 Å². The van der Waals surface area contributed by atoms with Gasteiger partial charge in [0.05, 0.1) is 9.82 Å². The number of nitrogens with zero attached hydrogens (tertiary/aromatic N) is 3. The Hall–Kier alpha value is -2.49. The molecule has 1 heterocycles. The van der Waals surface area contributed by atoms with Gasteiger partial charge in [0.25, 0.3) is 15.7 Å². The second-order valence-corrected chi connectivity index (χ2v) is 5.30. The molecule has 100 valence electrons. The quantitative estimate of drug-likeness (QED) is 0.630. The third-order valence-corrected chi connectivity index (χ3v) is 3.80. The molecule has 2 rings (SSSR count). The van der Waals surface area contributed by atoms with E-state index in [9.17, 15) is 18.5 Å². The Bertz CT molecular complexity index is 710. The molecule has 0 saturated carbocycles. The van der Waals surface area contributed by atoms with E-state index in [0.29, 0.717) is 5.56 Å². The first kappa shape index (κ1) is 13.0. The molecule has 2 N–H and O–H groups in total. The van der Waals surface area contributed by atoms with Crippen molar-refractivity contribution in [3.05, 3.63) is 40.2 Å². The van der Waals surface area contributed by atoms with Crippen molar-refractivity contribution in [1.82, 2.24) is 15.2 Å². The van der Waals surface area contributed by atoms with Crippen LogP contribution in [0.15, 0.2) is 29.4 Å². The summed E-state index contributed by atoms with van der Waals surface area (Å²) in [6.45, 7) is 1.54. The van der Waals surface area contributed by atoms with Crippen LogP contribution < -0.4 is 4.72 Å². The van der Waals surface area contributed by atoms with E-state index in [-0.39, 0.29) is 16.5 Å². The van der Waals surface area contributed by atoms with Crippen molar-refractivity contribution in [2.75, 3.05) is 4.72 Å². The molecule has 1 aromatic carbocycles. The number of rotatable bonds is 4. The maximum Gasteiger partial charge on any atom is 0.270 e. The van der Waals surface area contributed by atoms with Crippen molar-refractivity contribution in [1.29, 1.82) is 0 Å².